The van der Waals surface area contributed by atoms with E-state index in [-0.39, 0.29) is 6.04 Å². The van der Waals surface area contributed by atoms with Gasteiger partial charge in [0.1, 0.15) is 6.04 Å². The van der Waals surface area contributed by atoms with Crippen LogP contribution in [-0.2, 0) is 11.3 Å². The first-order valence-corrected chi connectivity index (χ1v) is 6.76. The number of rotatable bonds is 3. The molecule has 96 valence electrons. The summed E-state index contributed by atoms with van der Waals surface area (Å²) in [7, 11) is 0. The van der Waals surface area contributed by atoms with Crippen molar-refractivity contribution in [2.45, 2.75) is 31.8 Å². The van der Waals surface area contributed by atoms with Crippen LogP contribution < -0.4 is 0 Å². The number of likely N-dealkylation sites (tertiary alicyclic amines) is 1. The van der Waals surface area contributed by atoms with Crippen LogP contribution >= 0.6 is 0 Å². The Morgan fingerprint density at radius 1 is 1.28 bits per heavy atom. The highest BCUT2D eigenvalue weighted by molar-refractivity contribution is 5.74. The fraction of sp³-hybridized carbons (Fsp3) is 0.533. The summed E-state index contributed by atoms with van der Waals surface area (Å²) in [6, 6.07) is 9.92. The Hall–Kier alpha value is -1.35. The summed E-state index contributed by atoms with van der Waals surface area (Å²) < 4.78 is 0. The smallest absolute Gasteiger partial charge is 0.321 e. The van der Waals surface area contributed by atoms with E-state index < -0.39 is 5.97 Å². The molecule has 0 amide bonds. The minimum absolute atomic E-state index is 0.266. The van der Waals surface area contributed by atoms with Crippen LogP contribution in [0.25, 0.3) is 0 Å². The molecule has 1 N–H and O–H groups in total. The molecule has 1 aliphatic carbocycles. The number of aliphatic carboxylic acids is 1. The van der Waals surface area contributed by atoms with Crippen molar-refractivity contribution in [3.8, 4) is 0 Å². The van der Waals surface area contributed by atoms with Crippen LogP contribution in [-0.4, -0.2) is 28.6 Å². The van der Waals surface area contributed by atoms with Gasteiger partial charge in [0.25, 0.3) is 0 Å². The number of fused-ring (bicyclic) bond motifs is 1. The molecule has 0 radical (unpaired) electrons. The molecule has 0 bridgehead atoms. The van der Waals surface area contributed by atoms with Crippen LogP contribution in [0.5, 0.6) is 0 Å². The Kier molecular flexibility index (Phi) is 3.08. The van der Waals surface area contributed by atoms with E-state index in [1.54, 1.807) is 0 Å². The first-order chi connectivity index (χ1) is 8.75. The lowest BCUT2D eigenvalue weighted by atomic mass is 9.94. The summed E-state index contributed by atoms with van der Waals surface area (Å²) in [5.74, 6) is 0.348. The van der Waals surface area contributed by atoms with E-state index in [0.29, 0.717) is 11.8 Å². The largest absolute Gasteiger partial charge is 0.480 e. The van der Waals surface area contributed by atoms with E-state index in [0.717, 1.165) is 19.5 Å². The highest BCUT2D eigenvalue weighted by Gasteiger charge is 2.47. The van der Waals surface area contributed by atoms with Crippen LogP contribution in [0, 0.1) is 11.8 Å². The molecule has 3 heteroatoms. The Morgan fingerprint density at radius 3 is 2.78 bits per heavy atom. The Bertz CT molecular complexity index is 431. The van der Waals surface area contributed by atoms with E-state index >= 15 is 0 Å². The van der Waals surface area contributed by atoms with Gasteiger partial charge in [0.05, 0.1) is 0 Å². The molecule has 3 rings (SSSR count). The molecule has 1 saturated carbocycles. The molecule has 1 aromatic rings. The third-order valence-electron chi connectivity index (χ3n) is 4.47. The lowest BCUT2D eigenvalue weighted by molar-refractivity contribution is -0.143. The first kappa shape index (κ1) is 11.7. The molecule has 1 heterocycles. The molecule has 3 nitrogen and oxygen atoms in total. The second-order valence-corrected chi connectivity index (χ2v) is 5.55. The van der Waals surface area contributed by atoms with Crippen molar-refractivity contribution in [1.29, 1.82) is 0 Å². The van der Waals surface area contributed by atoms with Crippen molar-refractivity contribution >= 4 is 5.97 Å². The molecule has 1 aromatic carbocycles. The zero-order chi connectivity index (χ0) is 12.5. The number of nitrogens with zero attached hydrogens (tertiary/aromatic N) is 1. The molecular formula is C15H19NO2. The van der Waals surface area contributed by atoms with Crippen LogP contribution in [0.3, 0.4) is 0 Å². The monoisotopic (exact) mass is 245 g/mol. The molecule has 0 unspecified atom stereocenters. The topological polar surface area (TPSA) is 40.5 Å². The van der Waals surface area contributed by atoms with E-state index in [1.807, 2.05) is 18.2 Å². The van der Waals surface area contributed by atoms with Gasteiger partial charge in [-0.05, 0) is 30.2 Å². The maximum Gasteiger partial charge on any atom is 0.321 e. The molecule has 3 atom stereocenters. The lowest BCUT2D eigenvalue weighted by Crippen LogP contribution is -2.39. The SMILES string of the molecule is O=C(O)[C@H]1[C@@H]2CCC[C@@H]2CN1Cc1ccccc1. The quantitative estimate of drug-likeness (QED) is 0.888. The molecule has 0 spiro atoms. The predicted octanol–water partition coefficient (Wildman–Crippen LogP) is 2.37. The fourth-order valence-electron chi connectivity index (χ4n) is 3.71. The van der Waals surface area contributed by atoms with Gasteiger partial charge in [-0.3, -0.25) is 9.69 Å². The van der Waals surface area contributed by atoms with Crippen molar-refractivity contribution in [2.24, 2.45) is 11.8 Å². The predicted molar refractivity (Wildman–Crippen MR) is 69.1 cm³/mol. The second kappa shape index (κ2) is 4.73. The van der Waals surface area contributed by atoms with E-state index in [1.165, 1.54) is 18.4 Å². The van der Waals surface area contributed by atoms with Crippen LogP contribution in [0.15, 0.2) is 30.3 Å². The average Bonchev–Trinajstić information content (AvgIpc) is 2.89. The van der Waals surface area contributed by atoms with Crippen LogP contribution in [0.2, 0.25) is 0 Å². The summed E-state index contributed by atoms with van der Waals surface area (Å²) >= 11 is 0. The van der Waals surface area contributed by atoms with Crippen LogP contribution in [0.1, 0.15) is 24.8 Å². The van der Waals surface area contributed by atoms with E-state index in [4.69, 9.17) is 0 Å². The standard InChI is InChI=1S/C15H19NO2/c17-15(18)14-13-8-4-7-12(13)10-16(14)9-11-5-2-1-3-6-11/h1-3,5-6,12-14H,4,7-10H2,(H,17,18)/t12-,13-,14-/m1/s1. The summed E-state index contributed by atoms with van der Waals surface area (Å²) in [6.45, 7) is 1.72. The van der Waals surface area contributed by atoms with Gasteiger partial charge in [0, 0.05) is 13.1 Å². The number of hydrogen-bond acceptors (Lipinski definition) is 2. The first-order valence-electron chi connectivity index (χ1n) is 6.76. The van der Waals surface area contributed by atoms with Crippen molar-refractivity contribution in [3.63, 3.8) is 0 Å². The van der Waals surface area contributed by atoms with Crippen molar-refractivity contribution in [2.75, 3.05) is 6.54 Å². The van der Waals surface area contributed by atoms with Crippen LogP contribution in [0.4, 0.5) is 0 Å². The minimum atomic E-state index is -0.639. The average molecular weight is 245 g/mol. The second-order valence-electron chi connectivity index (χ2n) is 5.55. The number of hydrogen-bond donors (Lipinski definition) is 1. The molecule has 0 aromatic heterocycles. The van der Waals surface area contributed by atoms with Gasteiger partial charge in [0.15, 0.2) is 0 Å². The zero-order valence-corrected chi connectivity index (χ0v) is 10.5. The van der Waals surface area contributed by atoms with Gasteiger partial charge < -0.3 is 5.11 Å². The summed E-state index contributed by atoms with van der Waals surface area (Å²) in [4.78, 5) is 13.7. The minimum Gasteiger partial charge on any atom is -0.480 e. The Labute approximate surface area is 107 Å². The molecule has 18 heavy (non-hydrogen) atoms. The highest BCUT2D eigenvalue weighted by Crippen LogP contribution is 2.42. The van der Waals surface area contributed by atoms with Gasteiger partial charge in [0.2, 0.25) is 0 Å². The van der Waals surface area contributed by atoms with Crippen molar-refractivity contribution < 1.29 is 9.90 Å². The van der Waals surface area contributed by atoms with E-state index in [9.17, 15) is 9.90 Å². The highest BCUT2D eigenvalue weighted by atomic mass is 16.4. The molecule has 2 aliphatic rings. The number of benzene rings is 1. The normalized spacial score (nSPS) is 31.4. The van der Waals surface area contributed by atoms with Gasteiger partial charge in [-0.25, -0.2) is 0 Å². The Balaban J connectivity index is 1.77. The molecular weight excluding hydrogens is 226 g/mol. The maximum atomic E-state index is 11.5. The molecule has 1 aliphatic heterocycles. The van der Waals surface area contributed by atoms with Gasteiger partial charge in [-0.1, -0.05) is 36.8 Å². The number of carboxylic acid groups (broad SMARTS) is 1. The van der Waals surface area contributed by atoms with Gasteiger partial charge >= 0.3 is 5.97 Å². The van der Waals surface area contributed by atoms with Gasteiger partial charge in [-0.15, -0.1) is 0 Å². The maximum absolute atomic E-state index is 11.5. The number of carbonyl (C=O) groups is 1. The van der Waals surface area contributed by atoms with Crippen molar-refractivity contribution in [1.82, 2.24) is 4.90 Å². The van der Waals surface area contributed by atoms with Gasteiger partial charge in [-0.2, -0.15) is 0 Å². The fourth-order valence-corrected chi connectivity index (χ4v) is 3.71. The lowest BCUT2D eigenvalue weighted by Gasteiger charge is -2.24. The van der Waals surface area contributed by atoms with Crippen molar-refractivity contribution in [3.05, 3.63) is 35.9 Å². The summed E-state index contributed by atoms with van der Waals surface area (Å²) in [6.07, 6.45) is 3.50. The molecule has 1 saturated heterocycles. The summed E-state index contributed by atoms with van der Waals surface area (Å²) in [5.41, 5.74) is 1.21. The zero-order valence-electron chi connectivity index (χ0n) is 10.5. The van der Waals surface area contributed by atoms with E-state index in [2.05, 4.69) is 17.0 Å². The number of carboxylic acids is 1. The third-order valence-corrected chi connectivity index (χ3v) is 4.47. The molecule has 2 fully saturated rings. The third kappa shape index (κ3) is 2.03. The summed E-state index contributed by atoms with van der Waals surface area (Å²) in [5, 5.41) is 9.47. The Morgan fingerprint density at radius 2 is 2.06 bits per heavy atom.